The molecule has 372 valence electrons. The zero-order valence-corrected chi connectivity index (χ0v) is 41.2. The van der Waals surface area contributed by atoms with Crippen molar-refractivity contribution in [2.45, 2.75) is 0 Å². The molecule has 0 saturated heterocycles. The highest BCUT2D eigenvalue weighted by molar-refractivity contribution is 6.25. The number of rotatable bonds is 5. The fraction of sp³-hybridized carbons (Fsp3) is 0. The molecule has 0 aliphatic heterocycles. The number of hydrogen-bond donors (Lipinski definition) is 0. The summed E-state index contributed by atoms with van der Waals surface area (Å²) in [5, 5.41) is 4.43. The number of hydrogen-bond acceptors (Lipinski definition) is 2. The van der Waals surface area contributed by atoms with Gasteiger partial charge in [0.25, 0.3) is 0 Å². The predicted molar refractivity (Wildman–Crippen MR) is 340 cm³/mol. The summed E-state index contributed by atoms with van der Waals surface area (Å²) in [6, 6.07) is 12.0. The molecule has 0 N–H and O–H groups in total. The molecule has 2 aromatic heterocycles. The summed E-state index contributed by atoms with van der Waals surface area (Å²) in [4.78, 5) is 0. The molecule has 0 unspecified atom stereocenters. The van der Waals surface area contributed by atoms with Gasteiger partial charge in [-0.15, -0.1) is 0 Å². The van der Waals surface area contributed by atoms with Gasteiger partial charge < -0.3 is 8.83 Å². The van der Waals surface area contributed by atoms with E-state index < -0.39 is 209 Å². The van der Waals surface area contributed by atoms with Gasteiger partial charge in [0.1, 0.15) is 22.3 Å². The Hall–Kier alpha value is -10.5. The molecular weight excluding hydrogens is 969 g/mol. The van der Waals surface area contributed by atoms with E-state index in [0.29, 0.717) is 44.1 Å². The summed E-state index contributed by atoms with van der Waals surface area (Å²) in [5.41, 5.74) is -0.113. The summed E-state index contributed by atoms with van der Waals surface area (Å²) in [5.74, 6) is 0. The first-order chi connectivity index (χ1) is 52.2. The maximum atomic E-state index is 9.33. The van der Waals surface area contributed by atoms with E-state index in [0.717, 1.165) is 26.9 Å². The van der Waals surface area contributed by atoms with E-state index in [1.165, 1.54) is 0 Å². The van der Waals surface area contributed by atoms with Crippen LogP contribution in [0.2, 0.25) is 0 Å². The van der Waals surface area contributed by atoms with Crippen molar-refractivity contribution in [2.24, 2.45) is 0 Å². The molecule has 2 heterocycles. The lowest BCUT2D eigenvalue weighted by molar-refractivity contribution is 0.672. The quantitative estimate of drug-likeness (QED) is 0.161. The standard InChI is InChI=1S/C42H26O.C36H22O/c1-2-10-27(11-3-1)28-18-20-30(21-19-28)40-33-14-6-8-16-35(33)41(36-17-9-7-15-34(36)40)31-23-25-39-38(26-31)37-24-22-29-12-4-5-13-32(29)42(37)43-39;1-2-11-24(12-3-1)34-27-14-6-8-16-29(27)35(30-17-9-7-15-28(30)34)25-19-21-33-32(22-25)31-20-18-23-10-4-5-13-26(23)36(31)37-33/h1-26H;1-22H/i1D,2D,3D,6D,7D,8D,9D,10D,11D,14D,15D,16D,17D,18D,19D,20D,21D;1D,2D,3D,6D,7D,8D,9D,11D,12D,14D,15D,16D,17D. The van der Waals surface area contributed by atoms with E-state index in [2.05, 4.69) is 0 Å². The first-order valence-corrected chi connectivity index (χ1v) is 25.0. The maximum Gasteiger partial charge on any atom is 0.143 e. The molecule has 0 atom stereocenters. The third-order valence-corrected chi connectivity index (χ3v) is 14.4. The molecule has 17 rings (SSSR count). The highest BCUT2D eigenvalue weighted by Crippen LogP contribution is 2.48. The Morgan fingerprint density at radius 3 is 0.925 bits per heavy atom. The third-order valence-electron chi connectivity index (χ3n) is 14.4. The molecular formula is C78H48O2. The summed E-state index contributed by atoms with van der Waals surface area (Å²) in [6.45, 7) is 0. The molecule has 0 aliphatic carbocycles. The van der Waals surface area contributed by atoms with Crippen molar-refractivity contribution in [3.63, 3.8) is 0 Å². The second kappa shape index (κ2) is 18.6. The normalized spacial score (nSPS) is 17.0. The van der Waals surface area contributed by atoms with E-state index in [9.17, 15) is 8.22 Å². The third kappa shape index (κ3) is 7.34. The highest BCUT2D eigenvalue weighted by atomic mass is 16.3. The number of fused-ring (bicyclic) bond motifs is 14. The fourth-order valence-corrected chi connectivity index (χ4v) is 11.0. The van der Waals surface area contributed by atoms with Gasteiger partial charge in [0.05, 0.1) is 41.1 Å². The Morgan fingerprint density at radius 2 is 0.525 bits per heavy atom. The van der Waals surface area contributed by atoms with Gasteiger partial charge in [0, 0.05) is 32.3 Å². The summed E-state index contributed by atoms with van der Waals surface area (Å²) in [7, 11) is 0. The number of benzene rings is 15. The maximum absolute atomic E-state index is 9.33. The molecule has 80 heavy (non-hydrogen) atoms. The minimum Gasteiger partial charge on any atom is -0.455 e. The summed E-state index contributed by atoms with van der Waals surface area (Å²) >= 11 is 0. The van der Waals surface area contributed by atoms with Crippen molar-refractivity contribution in [2.75, 3.05) is 0 Å². The van der Waals surface area contributed by atoms with E-state index in [1.54, 1.807) is 36.4 Å². The van der Waals surface area contributed by atoms with Crippen LogP contribution in [0, 0.1) is 0 Å². The minimum atomic E-state index is -0.860. The second-order valence-corrected chi connectivity index (χ2v) is 18.7. The monoisotopic (exact) mass is 1050 g/mol. The molecule has 0 aliphatic rings. The molecule has 0 bridgehead atoms. The Balaban J connectivity index is 0.000000170. The van der Waals surface area contributed by atoms with Crippen LogP contribution in [-0.4, -0.2) is 0 Å². The Labute approximate surface area is 503 Å². The van der Waals surface area contributed by atoms with E-state index >= 15 is 0 Å². The summed E-state index contributed by atoms with van der Waals surface area (Å²) < 4.78 is 277. The average molecular weight is 1050 g/mol. The second-order valence-electron chi connectivity index (χ2n) is 18.7. The fourth-order valence-electron chi connectivity index (χ4n) is 11.0. The Morgan fingerprint density at radius 1 is 0.212 bits per heavy atom. The predicted octanol–water partition coefficient (Wildman–Crippen LogP) is 22.4. The van der Waals surface area contributed by atoms with Gasteiger partial charge in [-0.3, -0.25) is 0 Å². The lowest BCUT2D eigenvalue weighted by Gasteiger charge is -2.18. The zero-order chi connectivity index (χ0) is 78.8. The van der Waals surface area contributed by atoms with E-state index in [-0.39, 0.29) is 65.3 Å². The van der Waals surface area contributed by atoms with Crippen LogP contribution in [0.25, 0.3) is 164 Å². The van der Waals surface area contributed by atoms with Gasteiger partial charge in [-0.05, 0) is 146 Å². The Kier molecular flexibility index (Phi) is 5.77. The first kappa shape index (κ1) is 24.8. The van der Waals surface area contributed by atoms with Crippen molar-refractivity contribution in [3.05, 3.63) is 290 Å². The molecule has 0 radical (unpaired) electrons. The van der Waals surface area contributed by atoms with Crippen molar-refractivity contribution in [1.29, 1.82) is 0 Å². The minimum absolute atomic E-state index is 0.00852. The molecule has 0 spiro atoms. The average Bonchev–Trinajstić information content (AvgIpc) is 0.717. The first-order valence-electron chi connectivity index (χ1n) is 40.0. The van der Waals surface area contributed by atoms with Crippen molar-refractivity contribution in [3.8, 4) is 55.6 Å². The largest absolute Gasteiger partial charge is 0.455 e. The molecule has 0 amide bonds. The van der Waals surface area contributed by atoms with Gasteiger partial charge in [-0.1, -0.05) is 254 Å². The van der Waals surface area contributed by atoms with Crippen LogP contribution in [0.1, 0.15) is 41.1 Å². The number of furan rings is 2. The van der Waals surface area contributed by atoms with Crippen molar-refractivity contribution >= 4 is 109 Å². The van der Waals surface area contributed by atoms with Crippen LogP contribution < -0.4 is 0 Å². The van der Waals surface area contributed by atoms with Crippen LogP contribution in [0.5, 0.6) is 0 Å². The van der Waals surface area contributed by atoms with Gasteiger partial charge in [-0.2, -0.15) is 0 Å². The summed E-state index contributed by atoms with van der Waals surface area (Å²) in [6.07, 6.45) is 0. The van der Waals surface area contributed by atoms with Crippen LogP contribution in [-0.2, 0) is 0 Å². The van der Waals surface area contributed by atoms with Crippen molar-refractivity contribution in [1.82, 2.24) is 0 Å². The molecule has 17 aromatic rings. The molecule has 15 aromatic carbocycles. The van der Waals surface area contributed by atoms with E-state index in [1.807, 2.05) is 72.8 Å². The molecule has 0 fully saturated rings. The molecule has 2 heteroatoms. The SMILES string of the molecule is [2H]c1c([2H])c([2H])c(-c2c([2H])c([2H])c(-c3c4c([2H])c([2H])c([2H])c([2H])c4c(-c4ccc5oc6c7ccccc7ccc6c5c4)c4c([2H])c([2H])c([2H])c([2H])c34)c([2H])c2[2H])c([2H])c1[2H].[2H]c1c([2H])c([2H])c(-c2c3c([2H])c([2H])c([2H])c([2H])c3c(-c3ccc4oc5c6ccccc6ccc5c4c3)c3c([2H])c([2H])c([2H])c([2H])c23)c([2H])c1[2H]. The van der Waals surface area contributed by atoms with Crippen LogP contribution in [0.4, 0.5) is 0 Å². The molecule has 2 nitrogen and oxygen atoms in total. The van der Waals surface area contributed by atoms with Crippen molar-refractivity contribution < 1.29 is 50.0 Å². The smallest absolute Gasteiger partial charge is 0.143 e. The molecule has 0 saturated carbocycles. The lowest BCUT2D eigenvalue weighted by atomic mass is 9.85. The highest BCUT2D eigenvalue weighted by Gasteiger charge is 2.21. The lowest BCUT2D eigenvalue weighted by Crippen LogP contribution is -1.91. The van der Waals surface area contributed by atoms with Gasteiger partial charge >= 0.3 is 0 Å². The zero-order valence-electron chi connectivity index (χ0n) is 71.2. The Bertz CT molecular complexity index is 6910. The van der Waals surface area contributed by atoms with Crippen LogP contribution >= 0.6 is 0 Å². The van der Waals surface area contributed by atoms with Crippen LogP contribution in [0.3, 0.4) is 0 Å². The van der Waals surface area contributed by atoms with Gasteiger partial charge in [-0.25, -0.2) is 0 Å². The van der Waals surface area contributed by atoms with E-state index in [4.69, 9.17) is 41.7 Å². The van der Waals surface area contributed by atoms with Crippen LogP contribution in [0.15, 0.2) is 299 Å². The van der Waals surface area contributed by atoms with Gasteiger partial charge in [0.2, 0.25) is 0 Å². The van der Waals surface area contributed by atoms with Gasteiger partial charge in [0.15, 0.2) is 0 Å². The topological polar surface area (TPSA) is 26.3 Å².